The Morgan fingerprint density at radius 2 is 1.85 bits per heavy atom. The summed E-state index contributed by atoms with van der Waals surface area (Å²) in [5.74, 6) is 0.0757. The number of carbonyl (C=O) groups excluding carboxylic acids is 2. The quantitative estimate of drug-likeness (QED) is 0.495. The molecule has 4 rings (SSSR count). The van der Waals surface area contributed by atoms with Crippen molar-refractivity contribution in [2.75, 3.05) is 24.6 Å². The van der Waals surface area contributed by atoms with E-state index in [0.29, 0.717) is 44.2 Å². The van der Waals surface area contributed by atoms with E-state index in [1.165, 1.54) is 4.90 Å². The van der Waals surface area contributed by atoms with Crippen LogP contribution in [0.25, 0.3) is 0 Å². The van der Waals surface area contributed by atoms with Gasteiger partial charge in [-0.25, -0.2) is 4.99 Å². The Hall–Kier alpha value is -3.88. The van der Waals surface area contributed by atoms with E-state index in [1.54, 1.807) is 24.3 Å². The van der Waals surface area contributed by atoms with Gasteiger partial charge >= 0.3 is 5.97 Å². The first kappa shape index (κ1) is 23.3. The zero-order valence-electron chi connectivity index (χ0n) is 18.9. The predicted molar refractivity (Wildman–Crippen MR) is 127 cm³/mol. The fraction of sp³-hybridized carbons (Fsp3) is 0.360. The molecule has 2 aromatic rings. The minimum atomic E-state index is -1.03. The summed E-state index contributed by atoms with van der Waals surface area (Å²) in [5.41, 5.74) is 2.47. The average molecular weight is 465 g/mol. The summed E-state index contributed by atoms with van der Waals surface area (Å²) < 4.78 is 5.86. The third-order valence-corrected chi connectivity index (χ3v) is 5.75. The molecule has 1 saturated heterocycles. The Kier molecular flexibility index (Phi) is 7.41. The summed E-state index contributed by atoms with van der Waals surface area (Å²) in [6, 6.07) is 14.7. The number of fused-ring (bicyclic) bond motifs is 2. The van der Waals surface area contributed by atoms with Gasteiger partial charge in [0.15, 0.2) is 0 Å². The van der Waals surface area contributed by atoms with Crippen LogP contribution in [0.1, 0.15) is 37.7 Å². The van der Waals surface area contributed by atoms with Crippen LogP contribution in [0.4, 0.5) is 11.4 Å². The van der Waals surface area contributed by atoms with Gasteiger partial charge in [-0.3, -0.25) is 19.7 Å². The highest BCUT2D eigenvalue weighted by Crippen LogP contribution is 2.31. The largest absolute Gasteiger partial charge is 0.494 e. The average Bonchev–Trinajstić information content (AvgIpc) is 3.19. The molecule has 9 heteroatoms. The second-order valence-electron chi connectivity index (χ2n) is 8.35. The zero-order valence-corrected chi connectivity index (χ0v) is 18.9. The molecule has 0 unspecified atom stereocenters. The number of unbranched alkanes of at least 4 members (excludes halogenated alkanes) is 3. The van der Waals surface area contributed by atoms with Crippen molar-refractivity contribution in [2.24, 2.45) is 4.99 Å². The van der Waals surface area contributed by atoms with Crippen molar-refractivity contribution in [3.8, 4) is 5.75 Å². The van der Waals surface area contributed by atoms with Crippen molar-refractivity contribution < 1.29 is 24.2 Å². The van der Waals surface area contributed by atoms with E-state index < -0.39 is 5.97 Å². The molecule has 2 aromatic carbocycles. The van der Waals surface area contributed by atoms with Crippen LogP contribution in [0, 0.1) is 0 Å². The van der Waals surface area contributed by atoms with Crippen molar-refractivity contribution in [3.05, 3.63) is 54.1 Å². The lowest BCUT2D eigenvalue weighted by molar-refractivity contribution is -0.136. The number of anilines is 1. The minimum absolute atomic E-state index is 0.0422. The Labute approximate surface area is 198 Å². The highest BCUT2D eigenvalue weighted by molar-refractivity contribution is 6.05. The summed E-state index contributed by atoms with van der Waals surface area (Å²) in [4.78, 5) is 43.0. The van der Waals surface area contributed by atoms with E-state index in [1.807, 2.05) is 29.2 Å². The summed E-state index contributed by atoms with van der Waals surface area (Å²) in [6.45, 7) is 1.21. The number of hydrogen-bond acceptors (Lipinski definition) is 6. The molecule has 0 radical (unpaired) electrons. The van der Waals surface area contributed by atoms with Crippen LogP contribution in [0.15, 0.2) is 53.5 Å². The van der Waals surface area contributed by atoms with Crippen LogP contribution in [0.2, 0.25) is 0 Å². The van der Waals surface area contributed by atoms with Crippen LogP contribution in [0.5, 0.6) is 5.75 Å². The fourth-order valence-electron chi connectivity index (χ4n) is 4.04. The van der Waals surface area contributed by atoms with Crippen LogP contribution in [-0.4, -0.2) is 53.4 Å². The molecule has 0 saturated carbocycles. The summed E-state index contributed by atoms with van der Waals surface area (Å²) >= 11 is 0. The number of carboxylic acids is 1. The first-order valence-corrected chi connectivity index (χ1v) is 11.5. The highest BCUT2D eigenvalue weighted by atomic mass is 16.5. The molecule has 34 heavy (non-hydrogen) atoms. The van der Waals surface area contributed by atoms with Crippen molar-refractivity contribution >= 4 is 35.1 Å². The number of para-hydroxylation sites is 1. The van der Waals surface area contributed by atoms with Crippen molar-refractivity contribution in [1.29, 1.82) is 0 Å². The number of amides is 2. The molecule has 2 N–H and O–H groups in total. The number of carbonyl (C=O) groups is 3. The lowest BCUT2D eigenvalue weighted by Gasteiger charge is -2.23. The van der Waals surface area contributed by atoms with Gasteiger partial charge in [-0.1, -0.05) is 37.1 Å². The maximum Gasteiger partial charge on any atom is 0.323 e. The predicted octanol–water partition coefficient (Wildman–Crippen LogP) is 3.07. The topological polar surface area (TPSA) is 112 Å². The molecular weight excluding hydrogens is 436 g/mol. The van der Waals surface area contributed by atoms with Crippen LogP contribution in [-0.2, 0) is 20.9 Å². The third kappa shape index (κ3) is 5.92. The number of aliphatic imine (C=N–C) groups is 1. The van der Waals surface area contributed by atoms with Crippen molar-refractivity contribution in [1.82, 2.24) is 10.2 Å². The Bertz CT molecular complexity index is 1090. The number of nitrogens with zero attached hydrogens (tertiary/aromatic N) is 3. The molecule has 178 valence electrons. The minimum Gasteiger partial charge on any atom is -0.494 e. The molecular formula is C25H28N4O5. The smallest absolute Gasteiger partial charge is 0.323 e. The lowest BCUT2D eigenvalue weighted by Crippen LogP contribution is -2.35. The van der Waals surface area contributed by atoms with E-state index in [9.17, 15) is 14.4 Å². The van der Waals surface area contributed by atoms with E-state index in [0.717, 1.165) is 36.3 Å². The molecule has 0 atom stereocenters. The number of nitrogens with one attached hydrogen (secondary N) is 1. The van der Waals surface area contributed by atoms with Gasteiger partial charge in [0, 0.05) is 24.7 Å². The molecule has 0 aliphatic carbocycles. The highest BCUT2D eigenvalue weighted by Gasteiger charge is 2.29. The number of ether oxygens (including phenoxy) is 1. The van der Waals surface area contributed by atoms with Crippen LogP contribution < -0.4 is 15.0 Å². The molecule has 1 fully saturated rings. The lowest BCUT2D eigenvalue weighted by atomic mass is 10.1. The zero-order chi connectivity index (χ0) is 23.9. The van der Waals surface area contributed by atoms with E-state index in [-0.39, 0.29) is 18.4 Å². The maximum absolute atomic E-state index is 12.6. The maximum atomic E-state index is 12.6. The van der Waals surface area contributed by atoms with Crippen molar-refractivity contribution in [3.63, 3.8) is 0 Å². The molecule has 2 amide bonds. The molecule has 2 aliphatic rings. The number of aliphatic carboxylic acids is 1. The first-order valence-electron chi connectivity index (χ1n) is 11.5. The van der Waals surface area contributed by atoms with Gasteiger partial charge in [0.2, 0.25) is 17.8 Å². The first-order chi connectivity index (χ1) is 16.5. The number of carboxylic acid groups (broad SMARTS) is 1. The Morgan fingerprint density at radius 3 is 2.65 bits per heavy atom. The number of rotatable bonds is 11. The van der Waals surface area contributed by atoms with Gasteiger partial charge < -0.3 is 19.6 Å². The molecule has 0 aromatic heterocycles. The SMILES string of the molecule is O=C(O)CN(C(=O)CCCCCCOc1ccc2c(c1)N=C1NC(=O)CN1C2)c1ccccc1. The third-order valence-electron chi connectivity index (χ3n) is 5.75. The Balaban J connectivity index is 1.17. The molecule has 0 bridgehead atoms. The van der Waals surface area contributed by atoms with Crippen LogP contribution >= 0.6 is 0 Å². The van der Waals surface area contributed by atoms with Gasteiger partial charge in [-0.15, -0.1) is 0 Å². The standard InChI is InChI=1S/C25H28N4O5/c30-22-16-28-15-18-11-12-20(14-21(18)26-25(28)27-22)34-13-7-2-1-6-10-23(31)29(17-24(32)33)19-8-4-3-5-9-19/h3-5,8-9,11-12,14H,1-2,6-7,10,13,15-17H2,(H,32,33)(H,26,27,30). The van der Waals surface area contributed by atoms with E-state index in [4.69, 9.17) is 9.84 Å². The molecule has 9 nitrogen and oxygen atoms in total. The molecule has 2 aliphatic heterocycles. The summed E-state index contributed by atoms with van der Waals surface area (Å²) in [6.07, 6.45) is 3.62. The number of benzene rings is 2. The Morgan fingerprint density at radius 1 is 1.06 bits per heavy atom. The fourth-order valence-corrected chi connectivity index (χ4v) is 4.04. The van der Waals surface area contributed by atoms with Gasteiger partial charge in [0.25, 0.3) is 0 Å². The summed E-state index contributed by atoms with van der Waals surface area (Å²) in [5, 5.41) is 11.9. The van der Waals surface area contributed by atoms with Gasteiger partial charge in [-0.05, 0) is 36.6 Å². The second kappa shape index (κ2) is 10.8. The second-order valence-corrected chi connectivity index (χ2v) is 8.35. The van der Waals surface area contributed by atoms with Crippen molar-refractivity contribution in [2.45, 2.75) is 38.6 Å². The van der Waals surface area contributed by atoms with Gasteiger partial charge in [-0.2, -0.15) is 0 Å². The van der Waals surface area contributed by atoms with Crippen LogP contribution in [0.3, 0.4) is 0 Å². The molecule has 2 heterocycles. The van der Waals surface area contributed by atoms with Gasteiger partial charge in [0.1, 0.15) is 18.8 Å². The normalized spacial score (nSPS) is 14.1. The molecule has 0 spiro atoms. The number of hydrogen-bond donors (Lipinski definition) is 2. The number of guanidine groups is 1. The van der Waals surface area contributed by atoms with Gasteiger partial charge in [0.05, 0.1) is 12.3 Å². The summed E-state index contributed by atoms with van der Waals surface area (Å²) in [7, 11) is 0. The van der Waals surface area contributed by atoms with E-state index in [2.05, 4.69) is 10.3 Å². The monoisotopic (exact) mass is 464 g/mol. The van der Waals surface area contributed by atoms with E-state index >= 15 is 0 Å².